The summed E-state index contributed by atoms with van der Waals surface area (Å²) < 4.78 is 68.0. The largest absolute Gasteiger partial charge is 0.471 e. The Morgan fingerprint density at radius 2 is 1.83 bits per heavy atom. The third-order valence-corrected chi connectivity index (χ3v) is 12.8. The van der Waals surface area contributed by atoms with Gasteiger partial charge in [-0.3, -0.25) is 23.9 Å². The number of hydrogen-bond acceptors (Lipinski definition) is 11. The molecular weight excluding hydrogens is 728 g/mol. The second kappa shape index (κ2) is 14.0. The molecule has 1 saturated heterocycles. The summed E-state index contributed by atoms with van der Waals surface area (Å²) in [5, 5.41) is 9.13. The number of para-hydroxylation sites is 2. The fraction of sp³-hybridized carbons (Fsp3) is 0.528. The molecule has 2 saturated carbocycles. The summed E-state index contributed by atoms with van der Waals surface area (Å²) in [6.45, 7) is 1.93. The highest BCUT2D eigenvalue weighted by molar-refractivity contribution is 7.91. The number of amides is 4. The predicted molar refractivity (Wildman–Crippen MR) is 187 cm³/mol. The van der Waals surface area contributed by atoms with Gasteiger partial charge in [0.2, 0.25) is 27.7 Å². The number of halogens is 2. The molecule has 54 heavy (non-hydrogen) atoms. The van der Waals surface area contributed by atoms with Gasteiger partial charge in [0, 0.05) is 25.3 Å². The molecule has 0 spiro atoms. The van der Waals surface area contributed by atoms with Crippen LogP contribution >= 0.6 is 0 Å². The van der Waals surface area contributed by atoms with Crippen LogP contribution in [-0.2, 0) is 30.3 Å². The van der Waals surface area contributed by atoms with E-state index < -0.39 is 85.5 Å². The summed E-state index contributed by atoms with van der Waals surface area (Å²) in [4.78, 5) is 65.3. The van der Waals surface area contributed by atoms with Crippen LogP contribution in [0.15, 0.2) is 53.3 Å². The van der Waals surface area contributed by atoms with Gasteiger partial charge in [0.15, 0.2) is 11.4 Å². The molecule has 3 N–H and O–H groups in total. The lowest BCUT2D eigenvalue weighted by molar-refractivity contribution is -0.141. The van der Waals surface area contributed by atoms with Gasteiger partial charge in [-0.2, -0.15) is 8.78 Å². The monoisotopic (exact) mass is 769 g/mol. The number of fused-ring (bicyclic) bond motifs is 3. The van der Waals surface area contributed by atoms with Crippen LogP contribution in [0.4, 0.5) is 8.78 Å². The Morgan fingerprint density at radius 1 is 1.09 bits per heavy atom. The second-order valence-electron chi connectivity index (χ2n) is 14.9. The minimum Gasteiger partial charge on any atom is -0.471 e. The van der Waals surface area contributed by atoms with Crippen molar-refractivity contribution in [2.45, 2.75) is 106 Å². The van der Waals surface area contributed by atoms with Gasteiger partial charge >= 0.3 is 0 Å². The first-order chi connectivity index (χ1) is 25.6. The van der Waals surface area contributed by atoms with Crippen molar-refractivity contribution in [3.63, 3.8) is 0 Å². The van der Waals surface area contributed by atoms with Crippen LogP contribution in [0.2, 0.25) is 0 Å². The Labute approximate surface area is 309 Å². The van der Waals surface area contributed by atoms with E-state index in [0.29, 0.717) is 39.0 Å². The third-order valence-electron chi connectivity index (χ3n) is 10.7. The van der Waals surface area contributed by atoms with Crippen LogP contribution in [-0.4, -0.2) is 87.1 Å². The Kier molecular flexibility index (Phi) is 9.68. The standard InChI is InChI=1S/C36H41F2N7O8S/c1-34(15-16-34)54(50,51)44-33(49)36-19-21(36)10-6-4-3-5-7-13-26(40-29(46)25-14-17-52-43-25)32(48)45-20-22(18-27(45)30(47)42-36)53-31-28(35(2,37)38)39-23-11-8-9-12-24(23)41-31/h6,8-12,14,17,21-22,26-27H,3-5,7,13,15-16,18-20H2,1-2H3,(H,40,46)(H,42,47)(H,44,49)/t21-,22-,26+,27+,36-/m1/s1. The predicted octanol–water partition coefficient (Wildman–Crippen LogP) is 3.27. The smallest absolute Gasteiger partial charge is 0.292 e. The zero-order chi connectivity index (χ0) is 38.5. The van der Waals surface area contributed by atoms with Gasteiger partial charge in [0.25, 0.3) is 17.7 Å². The number of carbonyl (C=O) groups is 4. The maximum absolute atomic E-state index is 14.9. The molecule has 2 aromatic heterocycles. The number of carbonyl (C=O) groups excluding carboxylic acids is 4. The highest BCUT2D eigenvalue weighted by Gasteiger charge is 2.63. The molecule has 3 fully saturated rings. The fourth-order valence-electron chi connectivity index (χ4n) is 7.02. The first-order valence-electron chi connectivity index (χ1n) is 18.0. The number of hydrogen-bond donors (Lipinski definition) is 3. The van der Waals surface area contributed by atoms with Gasteiger partial charge in [-0.25, -0.2) is 18.4 Å². The molecule has 288 valence electrons. The number of alkyl halides is 2. The van der Waals surface area contributed by atoms with Crippen LogP contribution in [0.5, 0.6) is 5.88 Å². The lowest BCUT2D eigenvalue weighted by Crippen LogP contribution is -2.58. The molecule has 1 aromatic carbocycles. The van der Waals surface area contributed by atoms with Crippen molar-refractivity contribution < 1.29 is 45.6 Å². The van der Waals surface area contributed by atoms with Crippen LogP contribution in [0.3, 0.4) is 0 Å². The highest BCUT2D eigenvalue weighted by Crippen LogP contribution is 2.47. The van der Waals surface area contributed by atoms with E-state index in [-0.39, 0.29) is 42.5 Å². The van der Waals surface area contributed by atoms with E-state index >= 15 is 0 Å². The number of allylic oxidation sites excluding steroid dienone is 1. The summed E-state index contributed by atoms with van der Waals surface area (Å²) in [5.41, 5.74) is -1.91. The molecule has 0 radical (unpaired) electrons. The zero-order valence-corrected chi connectivity index (χ0v) is 30.5. The Bertz CT molecular complexity index is 2100. The maximum Gasteiger partial charge on any atom is 0.292 e. The minimum absolute atomic E-state index is 0.0635. The van der Waals surface area contributed by atoms with Crippen molar-refractivity contribution >= 4 is 44.7 Å². The summed E-state index contributed by atoms with van der Waals surface area (Å²) in [5.74, 6) is -7.46. The molecule has 0 bridgehead atoms. The molecule has 2 aliphatic heterocycles. The van der Waals surface area contributed by atoms with Gasteiger partial charge in [-0.1, -0.05) is 42.3 Å². The zero-order valence-electron chi connectivity index (χ0n) is 29.7. The minimum atomic E-state index is -4.05. The van der Waals surface area contributed by atoms with E-state index in [1.54, 1.807) is 31.2 Å². The number of nitrogens with zero attached hydrogens (tertiary/aromatic N) is 4. The Hall–Kier alpha value is -5.00. The summed E-state index contributed by atoms with van der Waals surface area (Å²) in [6.07, 6.45) is 7.29. The van der Waals surface area contributed by atoms with Crippen LogP contribution in [0.25, 0.3) is 11.0 Å². The van der Waals surface area contributed by atoms with E-state index in [1.807, 2.05) is 6.08 Å². The molecule has 2 aliphatic carbocycles. The maximum atomic E-state index is 14.9. The van der Waals surface area contributed by atoms with Gasteiger partial charge in [0.05, 0.1) is 22.3 Å². The van der Waals surface area contributed by atoms with E-state index in [2.05, 4.69) is 30.5 Å². The number of nitrogens with one attached hydrogen (secondary N) is 3. The molecule has 4 aliphatic rings. The van der Waals surface area contributed by atoms with E-state index in [9.17, 15) is 36.4 Å². The average molecular weight is 770 g/mol. The molecule has 4 amide bonds. The lowest BCUT2D eigenvalue weighted by atomic mass is 10.0. The summed E-state index contributed by atoms with van der Waals surface area (Å²) >= 11 is 0. The highest BCUT2D eigenvalue weighted by atomic mass is 32.2. The fourth-order valence-corrected chi connectivity index (χ4v) is 8.33. The Balaban J connectivity index is 1.22. The topological polar surface area (TPSA) is 203 Å². The number of ether oxygens (including phenoxy) is 1. The van der Waals surface area contributed by atoms with Gasteiger partial charge in [-0.05, 0) is 57.6 Å². The third kappa shape index (κ3) is 7.39. The van der Waals surface area contributed by atoms with Crippen molar-refractivity contribution in [2.75, 3.05) is 6.54 Å². The van der Waals surface area contributed by atoms with Crippen molar-refractivity contribution in [1.29, 1.82) is 0 Å². The van der Waals surface area contributed by atoms with E-state index in [4.69, 9.17) is 9.26 Å². The molecule has 0 unspecified atom stereocenters. The first-order valence-corrected chi connectivity index (χ1v) is 19.5. The molecule has 5 atom stereocenters. The van der Waals surface area contributed by atoms with Gasteiger partial charge in [0.1, 0.15) is 30.0 Å². The van der Waals surface area contributed by atoms with Gasteiger partial charge < -0.3 is 24.8 Å². The number of sulfonamides is 1. The quantitative estimate of drug-likeness (QED) is 0.284. The van der Waals surface area contributed by atoms with Crippen LogP contribution < -0.4 is 20.1 Å². The Morgan fingerprint density at radius 3 is 2.52 bits per heavy atom. The first kappa shape index (κ1) is 37.3. The molecule has 15 nitrogen and oxygen atoms in total. The second-order valence-corrected chi connectivity index (χ2v) is 17.1. The molecule has 18 heteroatoms. The van der Waals surface area contributed by atoms with Crippen molar-refractivity contribution in [2.24, 2.45) is 5.92 Å². The van der Waals surface area contributed by atoms with Crippen molar-refractivity contribution in [1.82, 2.24) is 35.4 Å². The SMILES string of the molecule is CC(F)(F)c1nc2ccccc2nc1O[C@@H]1C[C@H]2C(=O)N[C@]3(C(=O)NS(=O)(=O)C4(C)CC4)C[C@H]3C=CCCCCC[C@H](NC(=O)c3ccon3)C(=O)N2C1. The summed E-state index contributed by atoms with van der Waals surface area (Å²) in [6, 6.07) is 5.30. The average Bonchev–Trinajstić information content (AvgIpc) is 3.87. The number of benzene rings is 1. The van der Waals surface area contributed by atoms with E-state index in [0.717, 1.165) is 6.42 Å². The molecule has 7 rings (SSSR count). The molecule has 3 aromatic rings. The summed E-state index contributed by atoms with van der Waals surface area (Å²) in [7, 11) is -4.05. The number of aromatic nitrogens is 3. The van der Waals surface area contributed by atoms with Gasteiger partial charge in [-0.15, -0.1) is 0 Å². The van der Waals surface area contributed by atoms with Crippen LogP contribution in [0.1, 0.15) is 87.8 Å². The normalized spacial score (nSPS) is 27.1. The molecule has 4 heterocycles. The van der Waals surface area contributed by atoms with Crippen molar-refractivity contribution in [3.05, 3.63) is 60.1 Å². The number of rotatable bonds is 8. The van der Waals surface area contributed by atoms with Crippen LogP contribution in [0, 0.1) is 5.92 Å². The molecular formula is C36H41F2N7O8S. The van der Waals surface area contributed by atoms with E-state index in [1.165, 1.54) is 23.3 Å². The lowest BCUT2D eigenvalue weighted by Gasteiger charge is -2.30. The van der Waals surface area contributed by atoms with Crippen molar-refractivity contribution in [3.8, 4) is 5.88 Å².